The summed E-state index contributed by atoms with van der Waals surface area (Å²) >= 11 is 0. The highest BCUT2D eigenvalue weighted by molar-refractivity contribution is 5.78. The Kier molecular flexibility index (Phi) is 4.66. The number of rotatable bonds is 3. The van der Waals surface area contributed by atoms with E-state index in [-0.39, 0.29) is 5.57 Å². The summed E-state index contributed by atoms with van der Waals surface area (Å²) in [5, 5.41) is 0. The fraction of sp³-hybridized carbons (Fsp3) is 0.200. The van der Waals surface area contributed by atoms with Gasteiger partial charge in [0.1, 0.15) is 0 Å². The number of terminal acetylenes is 1. The van der Waals surface area contributed by atoms with Crippen molar-refractivity contribution < 1.29 is 8.78 Å². The van der Waals surface area contributed by atoms with Gasteiger partial charge in [-0.25, -0.2) is 4.39 Å². The Labute approximate surface area is 101 Å². The number of benzene rings is 1. The Balaban J connectivity index is 3.17. The van der Waals surface area contributed by atoms with Gasteiger partial charge in [0, 0.05) is 5.57 Å². The average molecular weight is 232 g/mol. The molecule has 0 saturated carbocycles. The highest BCUT2D eigenvalue weighted by atomic mass is 19.2. The molecule has 0 aliphatic carbocycles. The first-order valence-corrected chi connectivity index (χ1v) is 5.41. The van der Waals surface area contributed by atoms with Crippen LogP contribution in [0, 0.1) is 12.3 Å². The third-order valence-corrected chi connectivity index (χ3v) is 2.52. The molecule has 0 radical (unpaired) electrons. The molecule has 0 atom stereocenters. The zero-order valence-corrected chi connectivity index (χ0v) is 9.93. The molecule has 0 unspecified atom stereocenters. The van der Waals surface area contributed by atoms with Gasteiger partial charge in [0.25, 0.3) is 0 Å². The van der Waals surface area contributed by atoms with Crippen molar-refractivity contribution in [1.82, 2.24) is 0 Å². The van der Waals surface area contributed by atoms with E-state index in [1.807, 2.05) is 19.1 Å². The van der Waals surface area contributed by atoms with Crippen molar-refractivity contribution in [2.45, 2.75) is 20.3 Å². The highest BCUT2D eigenvalue weighted by Crippen LogP contribution is 2.27. The number of hydrogen-bond donors (Lipinski definition) is 0. The van der Waals surface area contributed by atoms with Gasteiger partial charge in [-0.05, 0) is 30.4 Å². The summed E-state index contributed by atoms with van der Waals surface area (Å²) < 4.78 is 26.6. The second-order valence-corrected chi connectivity index (χ2v) is 3.53. The summed E-state index contributed by atoms with van der Waals surface area (Å²) in [6, 6.07) is 7.30. The van der Waals surface area contributed by atoms with Crippen LogP contribution in [0.25, 0.3) is 5.57 Å². The van der Waals surface area contributed by atoms with Crippen LogP contribution in [-0.2, 0) is 6.42 Å². The SMILES string of the molecule is C#C/C(F)=C(F)\C(=C/C)c1ccc(CC)cc1. The zero-order chi connectivity index (χ0) is 12.8. The maximum atomic E-state index is 13.6. The maximum absolute atomic E-state index is 13.6. The van der Waals surface area contributed by atoms with E-state index < -0.39 is 11.7 Å². The van der Waals surface area contributed by atoms with E-state index in [4.69, 9.17) is 6.42 Å². The number of halogens is 2. The lowest BCUT2D eigenvalue weighted by Gasteiger charge is -2.06. The van der Waals surface area contributed by atoms with Crippen LogP contribution in [0.4, 0.5) is 8.78 Å². The molecule has 17 heavy (non-hydrogen) atoms. The van der Waals surface area contributed by atoms with Crippen molar-refractivity contribution in [3.63, 3.8) is 0 Å². The van der Waals surface area contributed by atoms with Crippen LogP contribution in [-0.4, -0.2) is 0 Å². The lowest BCUT2D eigenvalue weighted by Crippen LogP contribution is -1.89. The van der Waals surface area contributed by atoms with Gasteiger partial charge >= 0.3 is 0 Å². The Morgan fingerprint density at radius 3 is 2.29 bits per heavy atom. The van der Waals surface area contributed by atoms with Gasteiger partial charge in [0.15, 0.2) is 5.83 Å². The molecular weight excluding hydrogens is 218 g/mol. The largest absolute Gasteiger partial charge is 0.209 e. The van der Waals surface area contributed by atoms with E-state index in [1.165, 1.54) is 6.08 Å². The van der Waals surface area contributed by atoms with Crippen molar-refractivity contribution in [2.75, 3.05) is 0 Å². The van der Waals surface area contributed by atoms with Crippen LogP contribution < -0.4 is 0 Å². The molecule has 1 rings (SSSR count). The Hall–Kier alpha value is -1.88. The van der Waals surface area contributed by atoms with Gasteiger partial charge in [-0.3, -0.25) is 0 Å². The lowest BCUT2D eigenvalue weighted by molar-refractivity contribution is 0.583. The first-order valence-electron chi connectivity index (χ1n) is 5.41. The van der Waals surface area contributed by atoms with Gasteiger partial charge < -0.3 is 0 Å². The third-order valence-electron chi connectivity index (χ3n) is 2.52. The molecule has 0 aromatic heterocycles. The molecule has 0 nitrogen and oxygen atoms in total. The van der Waals surface area contributed by atoms with Crippen molar-refractivity contribution in [1.29, 1.82) is 0 Å². The molecule has 0 amide bonds. The fourth-order valence-corrected chi connectivity index (χ4v) is 1.52. The molecule has 0 aliphatic heterocycles. The molecule has 0 fully saturated rings. The van der Waals surface area contributed by atoms with Crippen LogP contribution in [0.3, 0.4) is 0 Å². The Morgan fingerprint density at radius 2 is 1.88 bits per heavy atom. The van der Waals surface area contributed by atoms with Crippen LogP contribution in [0.15, 0.2) is 42.0 Å². The van der Waals surface area contributed by atoms with Crippen molar-refractivity contribution in [2.24, 2.45) is 0 Å². The second-order valence-electron chi connectivity index (χ2n) is 3.53. The minimum absolute atomic E-state index is 0.183. The first kappa shape index (κ1) is 13.2. The quantitative estimate of drug-likeness (QED) is 0.534. The number of hydrogen-bond acceptors (Lipinski definition) is 0. The summed E-state index contributed by atoms with van der Waals surface area (Å²) in [5.41, 5.74) is 1.95. The molecule has 1 aromatic carbocycles. The summed E-state index contributed by atoms with van der Waals surface area (Å²) in [6.45, 7) is 3.68. The van der Waals surface area contributed by atoms with Crippen molar-refractivity contribution in [3.8, 4) is 12.3 Å². The van der Waals surface area contributed by atoms with E-state index in [1.54, 1.807) is 25.0 Å². The molecule has 0 aliphatic rings. The van der Waals surface area contributed by atoms with Gasteiger partial charge in [-0.15, -0.1) is 6.42 Å². The van der Waals surface area contributed by atoms with Crippen LogP contribution in [0.1, 0.15) is 25.0 Å². The van der Waals surface area contributed by atoms with Gasteiger partial charge in [0.2, 0.25) is 5.83 Å². The lowest BCUT2D eigenvalue weighted by atomic mass is 10.0. The summed E-state index contributed by atoms with van der Waals surface area (Å²) in [7, 11) is 0. The molecule has 88 valence electrons. The zero-order valence-electron chi connectivity index (χ0n) is 9.93. The molecule has 0 saturated heterocycles. The minimum atomic E-state index is -1.17. The van der Waals surface area contributed by atoms with Crippen LogP contribution in [0.5, 0.6) is 0 Å². The maximum Gasteiger partial charge on any atom is 0.209 e. The summed E-state index contributed by atoms with van der Waals surface area (Å²) in [6.07, 6.45) is 7.25. The van der Waals surface area contributed by atoms with Crippen LogP contribution >= 0.6 is 0 Å². The van der Waals surface area contributed by atoms with E-state index in [0.29, 0.717) is 5.56 Å². The predicted octanol–water partition coefficient (Wildman–Crippen LogP) is 4.44. The summed E-state index contributed by atoms with van der Waals surface area (Å²) in [5.74, 6) is -0.487. The monoisotopic (exact) mass is 232 g/mol. The van der Waals surface area contributed by atoms with Crippen LogP contribution in [0.2, 0.25) is 0 Å². The van der Waals surface area contributed by atoms with E-state index in [0.717, 1.165) is 12.0 Å². The second kappa shape index (κ2) is 6.00. The number of aryl methyl sites for hydroxylation is 1. The minimum Gasteiger partial charge on any atom is -0.202 e. The van der Waals surface area contributed by atoms with E-state index in [9.17, 15) is 8.78 Å². The molecule has 1 aromatic rings. The molecule has 0 heterocycles. The average Bonchev–Trinajstić information content (AvgIpc) is 2.39. The van der Waals surface area contributed by atoms with Crippen molar-refractivity contribution >= 4 is 5.57 Å². The van der Waals surface area contributed by atoms with Gasteiger partial charge in [-0.1, -0.05) is 37.3 Å². The van der Waals surface area contributed by atoms with Crippen molar-refractivity contribution in [3.05, 3.63) is 53.1 Å². The van der Waals surface area contributed by atoms with Gasteiger partial charge in [0.05, 0.1) is 0 Å². The third kappa shape index (κ3) is 3.04. The fourth-order valence-electron chi connectivity index (χ4n) is 1.52. The molecular formula is C15H14F2. The predicted molar refractivity (Wildman–Crippen MR) is 67.5 cm³/mol. The van der Waals surface area contributed by atoms with E-state index >= 15 is 0 Å². The summed E-state index contributed by atoms with van der Waals surface area (Å²) in [4.78, 5) is 0. The Bertz CT molecular complexity index is 485. The smallest absolute Gasteiger partial charge is 0.202 e. The Morgan fingerprint density at radius 1 is 1.29 bits per heavy atom. The number of allylic oxidation sites excluding steroid dienone is 4. The standard InChI is InChI=1S/C15H14F2/c1-4-11-7-9-12(10-8-11)13(5-2)15(17)14(16)6-3/h3,5,7-10H,4H2,1-2H3/b13-5-,15-14-. The highest BCUT2D eigenvalue weighted by Gasteiger charge is 2.11. The molecule has 0 bridgehead atoms. The normalized spacial score (nSPS) is 13.0. The molecule has 0 spiro atoms. The van der Waals surface area contributed by atoms with Gasteiger partial charge in [-0.2, -0.15) is 4.39 Å². The first-order chi connectivity index (χ1) is 8.13. The molecule has 0 N–H and O–H groups in total. The topological polar surface area (TPSA) is 0 Å². The van der Waals surface area contributed by atoms with E-state index in [2.05, 4.69) is 0 Å². The molecule has 2 heteroatoms.